The van der Waals surface area contributed by atoms with Crippen molar-refractivity contribution in [3.05, 3.63) is 11.6 Å². The molecule has 12 heteroatoms. The van der Waals surface area contributed by atoms with Gasteiger partial charge in [-0.05, 0) is 104 Å². The van der Waals surface area contributed by atoms with Crippen molar-refractivity contribution in [2.45, 2.75) is 227 Å². The van der Waals surface area contributed by atoms with E-state index in [-0.39, 0.29) is 55.2 Å². The number of fused-ring (bicyclic) bond motifs is 5. The van der Waals surface area contributed by atoms with Crippen molar-refractivity contribution < 1.29 is 33.4 Å². The van der Waals surface area contributed by atoms with Crippen LogP contribution in [0, 0.1) is 46.3 Å². The van der Waals surface area contributed by atoms with E-state index in [0.29, 0.717) is 51.3 Å². The summed E-state index contributed by atoms with van der Waals surface area (Å²) in [5, 5.41) is 11.3. The maximum atomic E-state index is 12.8. The van der Waals surface area contributed by atoms with Gasteiger partial charge in [-0.25, -0.2) is 4.79 Å². The lowest BCUT2D eigenvalue weighted by molar-refractivity contribution is -0.124. The summed E-state index contributed by atoms with van der Waals surface area (Å²) in [7, 11) is 0. The molecule has 0 radical (unpaired) electrons. The summed E-state index contributed by atoms with van der Waals surface area (Å²) >= 11 is 0. The first kappa shape index (κ1) is 58.9. The van der Waals surface area contributed by atoms with Crippen molar-refractivity contribution in [2.75, 3.05) is 52.6 Å². The van der Waals surface area contributed by atoms with Gasteiger partial charge in [0.2, 0.25) is 17.7 Å². The quantitative estimate of drug-likeness (QED) is 0.0305. The minimum Gasteiger partial charge on any atom is -0.446 e. The second-order valence-corrected chi connectivity index (χ2v) is 22.8. The van der Waals surface area contributed by atoms with Gasteiger partial charge < -0.3 is 41.2 Å². The van der Waals surface area contributed by atoms with Crippen molar-refractivity contribution in [3.8, 4) is 0 Å². The topological polar surface area (TPSA) is 170 Å². The molecule has 12 nitrogen and oxygen atoms in total. The van der Waals surface area contributed by atoms with Crippen LogP contribution in [-0.2, 0) is 28.6 Å². The monoisotopic (exact) mass is 970 g/mol. The fraction of sp³-hybridized carbons (Fsp3) is 0.895. The van der Waals surface area contributed by atoms with Crippen molar-refractivity contribution in [1.82, 2.24) is 21.3 Å². The van der Waals surface area contributed by atoms with E-state index in [1.54, 1.807) is 0 Å². The lowest BCUT2D eigenvalue weighted by Gasteiger charge is -2.58. The highest BCUT2D eigenvalue weighted by molar-refractivity contribution is 5.83. The number of alkyl carbamates (subject to hydrolysis) is 1. The molecule has 3 saturated carbocycles. The Morgan fingerprint density at radius 1 is 0.652 bits per heavy atom. The highest BCUT2D eigenvalue weighted by atomic mass is 16.6. The third kappa shape index (κ3) is 20.4. The molecule has 0 unspecified atom stereocenters. The van der Waals surface area contributed by atoms with Crippen molar-refractivity contribution >= 4 is 23.8 Å². The number of ether oxygens (including phenoxy) is 3. The fourth-order valence-electron chi connectivity index (χ4n) is 13.2. The van der Waals surface area contributed by atoms with Crippen molar-refractivity contribution in [3.63, 3.8) is 0 Å². The Labute approximate surface area is 420 Å². The zero-order valence-electron chi connectivity index (χ0n) is 44.9. The number of carbonyl (C=O) groups is 4. The second-order valence-electron chi connectivity index (χ2n) is 22.8. The zero-order chi connectivity index (χ0) is 49.9. The minimum absolute atomic E-state index is 0.0610. The summed E-state index contributed by atoms with van der Waals surface area (Å²) in [6.07, 6.45) is 33.3. The van der Waals surface area contributed by atoms with Gasteiger partial charge in [0.25, 0.3) is 0 Å². The third-order valence-electron chi connectivity index (χ3n) is 17.3. The van der Waals surface area contributed by atoms with Crippen LogP contribution in [0.25, 0.3) is 0 Å². The largest absolute Gasteiger partial charge is 0.446 e. The highest BCUT2D eigenvalue weighted by Crippen LogP contribution is 2.67. The van der Waals surface area contributed by atoms with Gasteiger partial charge in [-0.15, -0.1) is 0 Å². The Bertz CT molecular complexity index is 1530. The number of hydrogen-bond acceptors (Lipinski definition) is 8. The van der Waals surface area contributed by atoms with Crippen LogP contribution in [0.3, 0.4) is 0 Å². The van der Waals surface area contributed by atoms with Gasteiger partial charge in [0, 0.05) is 45.4 Å². The summed E-state index contributed by atoms with van der Waals surface area (Å²) in [5.74, 6) is 4.37. The number of hydrogen-bond donors (Lipinski definition) is 5. The molecule has 4 rings (SSSR count). The molecular formula is C57H103N5O7. The number of carbonyl (C=O) groups excluding carboxylic acids is 4. The molecule has 398 valence electrons. The lowest BCUT2D eigenvalue weighted by Crippen LogP contribution is -2.51. The molecule has 69 heavy (non-hydrogen) atoms. The number of unbranched alkanes of at least 4 members (excludes halogenated alkanes) is 12. The summed E-state index contributed by atoms with van der Waals surface area (Å²) in [5.41, 5.74) is 8.25. The molecule has 0 aliphatic heterocycles. The molecule has 4 amide bonds. The minimum atomic E-state index is -0.813. The molecule has 4 aliphatic rings. The number of allylic oxidation sites excluding steroid dienone is 1. The van der Waals surface area contributed by atoms with Crippen LogP contribution in [-0.4, -0.2) is 88.6 Å². The molecule has 0 aromatic heterocycles. The Hall–Kier alpha value is -2.70. The van der Waals surface area contributed by atoms with E-state index < -0.39 is 12.1 Å². The van der Waals surface area contributed by atoms with E-state index in [1.165, 1.54) is 128 Å². The van der Waals surface area contributed by atoms with Gasteiger partial charge in [0.05, 0.1) is 32.5 Å². The summed E-state index contributed by atoms with van der Waals surface area (Å²) < 4.78 is 17.1. The van der Waals surface area contributed by atoms with Crippen LogP contribution >= 0.6 is 0 Å². The van der Waals surface area contributed by atoms with Gasteiger partial charge in [0.15, 0.2) is 0 Å². The maximum absolute atomic E-state index is 12.8. The molecule has 0 aromatic rings. The van der Waals surface area contributed by atoms with Gasteiger partial charge in [-0.3, -0.25) is 14.4 Å². The third-order valence-corrected chi connectivity index (χ3v) is 17.3. The molecule has 0 aromatic carbocycles. The van der Waals surface area contributed by atoms with E-state index in [1.807, 2.05) is 0 Å². The smallest absolute Gasteiger partial charge is 0.407 e. The summed E-state index contributed by atoms with van der Waals surface area (Å²) in [4.78, 5) is 49.6. The van der Waals surface area contributed by atoms with Crippen LogP contribution in [0.2, 0.25) is 0 Å². The molecule has 4 aliphatic carbocycles. The number of rotatable bonds is 36. The summed E-state index contributed by atoms with van der Waals surface area (Å²) in [6, 6.07) is -0.813. The first-order chi connectivity index (χ1) is 33.3. The SMILES string of the molecule is CCCCCCCCCCCCCCCC(=O)NCCOCCNC(=O)CC[C@H](N)C(=O)NCCOCCNC(=O)O[C@H]1CC[C@@]2(C)C(=CC[C@H]3[C@@H]4CC[C@H]([C@H](C)CCCC(C)C)[C@@]4(C)CC[C@@H]32)C1. The number of amides is 4. The molecule has 0 spiro atoms. The first-order valence-electron chi connectivity index (χ1n) is 28.6. The van der Waals surface area contributed by atoms with E-state index >= 15 is 0 Å². The predicted octanol–water partition coefficient (Wildman–Crippen LogP) is 11.1. The van der Waals surface area contributed by atoms with Gasteiger partial charge in [-0.1, -0.05) is 150 Å². The summed E-state index contributed by atoms with van der Waals surface area (Å²) in [6.45, 7) is 17.4. The Balaban J connectivity index is 0.940. The van der Waals surface area contributed by atoms with Crippen LogP contribution in [0.5, 0.6) is 0 Å². The van der Waals surface area contributed by atoms with Crippen molar-refractivity contribution in [2.24, 2.45) is 52.1 Å². The fourth-order valence-corrected chi connectivity index (χ4v) is 13.2. The van der Waals surface area contributed by atoms with Crippen LogP contribution < -0.4 is 27.0 Å². The average Bonchev–Trinajstić information content (AvgIpc) is 3.68. The lowest BCUT2D eigenvalue weighted by atomic mass is 9.47. The second kappa shape index (κ2) is 32.4. The maximum Gasteiger partial charge on any atom is 0.407 e. The van der Waals surface area contributed by atoms with Gasteiger partial charge in [-0.2, -0.15) is 0 Å². The molecule has 6 N–H and O–H groups in total. The number of nitrogens with one attached hydrogen (secondary N) is 4. The van der Waals surface area contributed by atoms with Crippen molar-refractivity contribution in [1.29, 1.82) is 0 Å². The van der Waals surface area contributed by atoms with Crippen LogP contribution in [0.1, 0.15) is 215 Å². The van der Waals surface area contributed by atoms with Gasteiger partial charge in [0.1, 0.15) is 6.10 Å². The highest BCUT2D eigenvalue weighted by Gasteiger charge is 2.59. The number of nitrogens with two attached hydrogens (primary N) is 1. The zero-order valence-corrected chi connectivity index (χ0v) is 44.9. The molecule has 0 bridgehead atoms. The average molecular weight is 970 g/mol. The Morgan fingerprint density at radius 3 is 1.86 bits per heavy atom. The Morgan fingerprint density at radius 2 is 1.23 bits per heavy atom. The molecule has 9 atom stereocenters. The van der Waals surface area contributed by atoms with Crippen LogP contribution in [0.15, 0.2) is 11.6 Å². The predicted molar refractivity (Wildman–Crippen MR) is 280 cm³/mol. The first-order valence-corrected chi connectivity index (χ1v) is 28.6. The van der Waals surface area contributed by atoms with E-state index in [9.17, 15) is 19.2 Å². The molecular weight excluding hydrogens is 867 g/mol. The normalized spacial score (nSPS) is 26.0. The van der Waals surface area contributed by atoms with E-state index in [2.05, 4.69) is 68.9 Å². The standard InChI is InChI=1S/C57H103N5O7/c1-7-8-9-10-11-12-13-14-15-16-17-18-19-23-52(63)59-34-38-67-39-35-60-53(64)29-28-51(58)54(65)61-36-40-68-41-37-62-55(66)69-46-30-32-56(5)45(42-46)24-25-47-49-27-26-48(44(4)22-20-21-43(2)3)57(49,6)33-31-50(47)56/h24,43-44,46-51H,7-23,25-42,58H2,1-6H3,(H,59,63)(H,60,64)(H,61,65)(H,62,66)/t44-,46+,47+,48-,49+,50+,51+,56+,57-/m1/s1. The molecule has 3 fully saturated rings. The van der Waals surface area contributed by atoms with E-state index in [0.717, 1.165) is 67.6 Å². The van der Waals surface area contributed by atoms with Crippen LogP contribution in [0.4, 0.5) is 4.79 Å². The molecule has 0 saturated heterocycles. The molecule has 0 heterocycles. The van der Waals surface area contributed by atoms with E-state index in [4.69, 9.17) is 19.9 Å². The van der Waals surface area contributed by atoms with Gasteiger partial charge >= 0.3 is 6.09 Å². The Kier molecular flexibility index (Phi) is 27.6.